The molecule has 5 rings (SSSR count). The number of imide groups is 2. The van der Waals surface area contributed by atoms with Gasteiger partial charge in [0.1, 0.15) is 16.6 Å². The van der Waals surface area contributed by atoms with Crippen LogP contribution in [0.1, 0.15) is 58.3 Å². The zero-order valence-electron chi connectivity index (χ0n) is 20.5. The minimum atomic E-state index is -0.753. The lowest BCUT2D eigenvalue weighted by Gasteiger charge is -2.27. The molecule has 2 aliphatic rings. The molecule has 182 valence electrons. The molecule has 1 saturated heterocycles. The van der Waals surface area contributed by atoms with Gasteiger partial charge in [-0.05, 0) is 80.9 Å². The van der Waals surface area contributed by atoms with Crippen LogP contribution in [0, 0.1) is 25.2 Å². The van der Waals surface area contributed by atoms with E-state index in [-0.39, 0.29) is 5.57 Å². The first kappa shape index (κ1) is 23.8. The van der Waals surface area contributed by atoms with Crippen molar-refractivity contribution in [3.63, 3.8) is 0 Å². The molecule has 0 saturated carbocycles. The number of carbonyl (C=O) groups excluding carboxylic acids is 3. The number of aryl methyl sites for hydroxylation is 3. The summed E-state index contributed by atoms with van der Waals surface area (Å²) in [5, 5.41) is 13.1. The van der Waals surface area contributed by atoms with Gasteiger partial charge in [0, 0.05) is 16.3 Å². The van der Waals surface area contributed by atoms with Crippen LogP contribution in [0.5, 0.6) is 0 Å². The predicted octanol–water partition coefficient (Wildman–Crippen LogP) is 5.13. The van der Waals surface area contributed by atoms with E-state index in [1.807, 2.05) is 43.5 Å². The van der Waals surface area contributed by atoms with Crippen molar-refractivity contribution in [3.05, 3.63) is 74.4 Å². The number of hydrogen-bond acceptors (Lipinski definition) is 5. The summed E-state index contributed by atoms with van der Waals surface area (Å²) in [5.41, 5.74) is 5.49. The number of benzene rings is 1. The average molecular weight is 499 g/mol. The van der Waals surface area contributed by atoms with Crippen molar-refractivity contribution in [1.29, 1.82) is 5.26 Å². The summed E-state index contributed by atoms with van der Waals surface area (Å²) in [4.78, 5) is 41.2. The number of urea groups is 1. The summed E-state index contributed by atoms with van der Waals surface area (Å²) in [7, 11) is 0. The number of fused-ring (bicyclic) bond motifs is 1. The lowest BCUT2D eigenvalue weighted by molar-refractivity contribution is -0.122. The fourth-order valence-electron chi connectivity index (χ4n) is 5.13. The maximum absolute atomic E-state index is 13.5. The Morgan fingerprint density at radius 2 is 1.89 bits per heavy atom. The number of anilines is 1. The molecule has 1 aliphatic carbocycles. The zero-order valence-corrected chi connectivity index (χ0v) is 21.3. The number of para-hydroxylation sites is 1. The second-order valence-corrected chi connectivity index (χ2v) is 10.2. The fraction of sp³-hybridized carbons (Fsp3) is 0.286. The van der Waals surface area contributed by atoms with Crippen molar-refractivity contribution < 1.29 is 14.4 Å². The van der Waals surface area contributed by atoms with Gasteiger partial charge < -0.3 is 4.57 Å². The van der Waals surface area contributed by atoms with Crippen LogP contribution in [-0.4, -0.2) is 22.4 Å². The van der Waals surface area contributed by atoms with Gasteiger partial charge in [0.15, 0.2) is 0 Å². The SMILES string of the molecule is CCc1ccccc1N1C(=O)NC(=O)C(=Cc2cc(C)n(-c3sc4c(c3C#N)CCCC4)c2C)C1=O. The molecule has 0 atom stereocenters. The molecule has 4 amide bonds. The molecule has 2 aromatic heterocycles. The molecule has 1 N–H and O–H groups in total. The highest BCUT2D eigenvalue weighted by molar-refractivity contribution is 7.15. The van der Waals surface area contributed by atoms with Gasteiger partial charge in [-0.25, -0.2) is 9.69 Å². The fourth-order valence-corrected chi connectivity index (χ4v) is 6.58. The molecule has 0 unspecified atom stereocenters. The molecule has 36 heavy (non-hydrogen) atoms. The van der Waals surface area contributed by atoms with Gasteiger partial charge in [-0.1, -0.05) is 25.1 Å². The van der Waals surface area contributed by atoms with Crippen LogP contribution in [0.4, 0.5) is 10.5 Å². The van der Waals surface area contributed by atoms with Crippen molar-refractivity contribution in [2.24, 2.45) is 0 Å². The van der Waals surface area contributed by atoms with Gasteiger partial charge in [-0.3, -0.25) is 14.9 Å². The lowest BCUT2D eigenvalue weighted by Crippen LogP contribution is -2.54. The molecule has 0 radical (unpaired) electrons. The molecule has 3 aromatic rings. The van der Waals surface area contributed by atoms with Gasteiger partial charge >= 0.3 is 6.03 Å². The Kier molecular flexibility index (Phi) is 6.10. The topological polar surface area (TPSA) is 95.2 Å². The standard InChI is InChI=1S/C28H26N4O3S/c1-4-18-9-5-7-11-23(18)32-26(34)21(25(33)30-28(32)35)14-19-13-16(2)31(17(19)3)27-22(15-29)20-10-6-8-12-24(20)36-27/h5,7,9,11,13-14H,4,6,8,10,12H2,1-3H3,(H,30,33,35). The summed E-state index contributed by atoms with van der Waals surface area (Å²) in [6, 6.07) is 10.7. The minimum absolute atomic E-state index is 0.105. The molecular formula is C28H26N4O3S. The number of rotatable bonds is 4. The Hall–Kier alpha value is -3.96. The van der Waals surface area contributed by atoms with E-state index in [1.165, 1.54) is 4.88 Å². The average Bonchev–Trinajstić information content (AvgIpc) is 3.37. The number of nitrogens with zero attached hydrogens (tertiary/aromatic N) is 3. The first-order valence-electron chi connectivity index (χ1n) is 12.1. The van der Waals surface area contributed by atoms with Gasteiger partial charge in [0.05, 0.1) is 11.3 Å². The quantitative estimate of drug-likeness (QED) is 0.398. The second-order valence-electron chi connectivity index (χ2n) is 9.10. The molecule has 1 aromatic carbocycles. The van der Waals surface area contributed by atoms with Gasteiger partial charge in [-0.15, -0.1) is 11.3 Å². The molecule has 8 heteroatoms. The number of thiophene rings is 1. The Labute approximate surface area is 213 Å². The number of carbonyl (C=O) groups is 3. The second kappa shape index (κ2) is 9.25. The van der Waals surface area contributed by atoms with Crippen LogP contribution in [0.15, 0.2) is 35.9 Å². The Morgan fingerprint density at radius 3 is 2.64 bits per heavy atom. The number of amides is 4. The largest absolute Gasteiger partial charge is 0.335 e. The van der Waals surface area contributed by atoms with Crippen molar-refractivity contribution >= 4 is 40.9 Å². The van der Waals surface area contributed by atoms with E-state index in [1.54, 1.807) is 29.5 Å². The summed E-state index contributed by atoms with van der Waals surface area (Å²) in [5.74, 6) is -1.37. The van der Waals surface area contributed by atoms with Gasteiger partial charge in [0.25, 0.3) is 11.8 Å². The van der Waals surface area contributed by atoms with E-state index in [4.69, 9.17) is 0 Å². The first-order chi connectivity index (χ1) is 17.3. The van der Waals surface area contributed by atoms with Crippen molar-refractivity contribution in [3.8, 4) is 11.1 Å². The summed E-state index contributed by atoms with van der Waals surface area (Å²) in [6.07, 6.45) is 6.31. The zero-order chi connectivity index (χ0) is 25.6. The molecule has 0 bridgehead atoms. The summed E-state index contributed by atoms with van der Waals surface area (Å²) < 4.78 is 2.04. The number of hydrogen-bond donors (Lipinski definition) is 1. The maximum Gasteiger partial charge on any atom is 0.335 e. The normalized spacial score (nSPS) is 16.8. The monoisotopic (exact) mass is 498 g/mol. The maximum atomic E-state index is 13.5. The van der Waals surface area contributed by atoms with E-state index < -0.39 is 17.8 Å². The molecule has 7 nitrogen and oxygen atoms in total. The number of nitrogens with one attached hydrogen (secondary N) is 1. The third-order valence-corrected chi connectivity index (χ3v) is 8.23. The molecule has 3 heterocycles. The van der Waals surface area contributed by atoms with E-state index in [0.29, 0.717) is 17.7 Å². The first-order valence-corrected chi connectivity index (χ1v) is 12.9. The summed E-state index contributed by atoms with van der Waals surface area (Å²) >= 11 is 1.65. The highest BCUT2D eigenvalue weighted by Crippen LogP contribution is 2.38. The van der Waals surface area contributed by atoms with E-state index in [0.717, 1.165) is 63.7 Å². The van der Waals surface area contributed by atoms with Crippen LogP contribution >= 0.6 is 11.3 Å². The molecular weight excluding hydrogens is 472 g/mol. The van der Waals surface area contributed by atoms with E-state index >= 15 is 0 Å². The minimum Gasteiger partial charge on any atom is -0.308 e. The number of aromatic nitrogens is 1. The predicted molar refractivity (Wildman–Crippen MR) is 139 cm³/mol. The molecule has 1 fully saturated rings. The lowest BCUT2D eigenvalue weighted by atomic mass is 9.96. The Bertz CT molecular complexity index is 1500. The van der Waals surface area contributed by atoms with Crippen molar-refractivity contribution in [1.82, 2.24) is 9.88 Å². The van der Waals surface area contributed by atoms with Crippen LogP contribution in [-0.2, 0) is 28.9 Å². The van der Waals surface area contributed by atoms with Crippen LogP contribution < -0.4 is 10.2 Å². The highest BCUT2D eigenvalue weighted by atomic mass is 32.1. The van der Waals surface area contributed by atoms with Crippen LogP contribution in [0.2, 0.25) is 0 Å². The smallest absolute Gasteiger partial charge is 0.308 e. The van der Waals surface area contributed by atoms with Crippen LogP contribution in [0.3, 0.4) is 0 Å². The number of nitriles is 1. The third kappa shape index (κ3) is 3.76. The Balaban J connectivity index is 1.59. The molecule has 0 spiro atoms. The third-order valence-electron chi connectivity index (χ3n) is 6.95. The summed E-state index contributed by atoms with van der Waals surface area (Å²) in [6.45, 7) is 5.81. The van der Waals surface area contributed by atoms with Gasteiger partial charge in [-0.2, -0.15) is 5.26 Å². The van der Waals surface area contributed by atoms with E-state index in [2.05, 4.69) is 11.4 Å². The van der Waals surface area contributed by atoms with Gasteiger partial charge in [0.2, 0.25) is 0 Å². The number of barbiturate groups is 1. The highest BCUT2D eigenvalue weighted by Gasteiger charge is 2.38. The Morgan fingerprint density at radius 1 is 1.14 bits per heavy atom. The van der Waals surface area contributed by atoms with Crippen molar-refractivity contribution in [2.45, 2.75) is 52.9 Å². The van der Waals surface area contributed by atoms with Crippen LogP contribution in [0.25, 0.3) is 11.1 Å². The molecule has 1 aliphatic heterocycles. The van der Waals surface area contributed by atoms with Crippen molar-refractivity contribution in [2.75, 3.05) is 4.90 Å². The van der Waals surface area contributed by atoms with E-state index in [9.17, 15) is 19.6 Å².